The number of nitrogens with zero attached hydrogens (tertiary/aromatic N) is 2. The molecule has 1 aliphatic rings. The van der Waals surface area contributed by atoms with E-state index in [0.717, 1.165) is 35.0 Å². The molecule has 1 unspecified atom stereocenters. The van der Waals surface area contributed by atoms with Crippen molar-refractivity contribution in [1.29, 1.82) is 5.26 Å². The molecule has 2 rings (SSSR count). The van der Waals surface area contributed by atoms with Crippen LogP contribution in [-0.2, 0) is 11.2 Å². The molecule has 0 aliphatic carbocycles. The van der Waals surface area contributed by atoms with Gasteiger partial charge in [0, 0.05) is 11.5 Å². The van der Waals surface area contributed by atoms with Crippen LogP contribution in [0.25, 0.3) is 0 Å². The summed E-state index contributed by atoms with van der Waals surface area (Å²) in [6.07, 6.45) is 2.83. The van der Waals surface area contributed by atoms with E-state index in [4.69, 9.17) is 10.00 Å². The standard InChI is InChI=1S/C12H16N2OS/c1-8(2)11-10(5-6-13)16-12(14-11)9-4-3-7-15-9/h8-9H,3-5,7H2,1-2H3. The van der Waals surface area contributed by atoms with E-state index < -0.39 is 0 Å². The Hall–Kier alpha value is -0.920. The molecule has 3 nitrogen and oxygen atoms in total. The highest BCUT2D eigenvalue weighted by Crippen LogP contribution is 2.35. The zero-order valence-electron chi connectivity index (χ0n) is 9.69. The van der Waals surface area contributed by atoms with Gasteiger partial charge in [-0.3, -0.25) is 0 Å². The van der Waals surface area contributed by atoms with E-state index in [9.17, 15) is 0 Å². The quantitative estimate of drug-likeness (QED) is 0.809. The first-order valence-electron chi connectivity index (χ1n) is 5.70. The molecule has 0 amide bonds. The summed E-state index contributed by atoms with van der Waals surface area (Å²) in [4.78, 5) is 5.77. The summed E-state index contributed by atoms with van der Waals surface area (Å²) in [5.74, 6) is 0.384. The Balaban J connectivity index is 2.27. The third-order valence-electron chi connectivity index (χ3n) is 2.74. The van der Waals surface area contributed by atoms with Crippen LogP contribution in [0, 0.1) is 11.3 Å². The highest BCUT2D eigenvalue weighted by atomic mass is 32.1. The van der Waals surface area contributed by atoms with Crippen molar-refractivity contribution in [1.82, 2.24) is 4.98 Å². The second-order valence-electron chi connectivity index (χ2n) is 4.35. The molecule has 86 valence electrons. The number of thiazole rings is 1. The molecule has 1 aromatic rings. The molecule has 0 aromatic carbocycles. The van der Waals surface area contributed by atoms with Gasteiger partial charge in [0.05, 0.1) is 18.2 Å². The fourth-order valence-electron chi connectivity index (χ4n) is 1.94. The minimum Gasteiger partial charge on any atom is -0.371 e. The Morgan fingerprint density at radius 3 is 3.00 bits per heavy atom. The Bertz CT molecular complexity index is 400. The second-order valence-corrected chi connectivity index (χ2v) is 5.47. The molecule has 0 saturated carbocycles. The monoisotopic (exact) mass is 236 g/mol. The molecule has 1 fully saturated rings. The lowest BCUT2D eigenvalue weighted by molar-refractivity contribution is 0.111. The predicted octanol–water partition coefficient (Wildman–Crippen LogP) is 3.18. The molecular weight excluding hydrogens is 220 g/mol. The van der Waals surface area contributed by atoms with Crippen LogP contribution in [0.5, 0.6) is 0 Å². The van der Waals surface area contributed by atoms with Crippen molar-refractivity contribution in [2.45, 2.75) is 45.1 Å². The van der Waals surface area contributed by atoms with Gasteiger partial charge >= 0.3 is 0 Å². The highest BCUT2D eigenvalue weighted by molar-refractivity contribution is 7.11. The lowest BCUT2D eigenvalue weighted by atomic mass is 10.1. The van der Waals surface area contributed by atoms with Gasteiger partial charge in [0.15, 0.2) is 0 Å². The molecule has 0 radical (unpaired) electrons. The van der Waals surface area contributed by atoms with Crippen molar-refractivity contribution < 1.29 is 4.74 Å². The van der Waals surface area contributed by atoms with E-state index in [0.29, 0.717) is 12.3 Å². The van der Waals surface area contributed by atoms with E-state index in [1.807, 2.05) is 0 Å². The van der Waals surface area contributed by atoms with Crippen molar-refractivity contribution in [3.05, 3.63) is 15.6 Å². The summed E-state index contributed by atoms with van der Waals surface area (Å²) in [6, 6.07) is 2.21. The Morgan fingerprint density at radius 2 is 2.44 bits per heavy atom. The first-order chi connectivity index (χ1) is 7.72. The number of hydrogen-bond acceptors (Lipinski definition) is 4. The van der Waals surface area contributed by atoms with Gasteiger partial charge in [0.25, 0.3) is 0 Å². The van der Waals surface area contributed by atoms with Crippen LogP contribution in [0.4, 0.5) is 0 Å². The third-order valence-corrected chi connectivity index (χ3v) is 3.90. The lowest BCUT2D eigenvalue weighted by Crippen LogP contribution is -1.97. The first-order valence-corrected chi connectivity index (χ1v) is 6.52. The Morgan fingerprint density at radius 1 is 1.62 bits per heavy atom. The van der Waals surface area contributed by atoms with Crippen LogP contribution in [0.2, 0.25) is 0 Å². The van der Waals surface area contributed by atoms with Crippen LogP contribution in [0.1, 0.15) is 54.3 Å². The van der Waals surface area contributed by atoms with Crippen molar-refractivity contribution in [3.8, 4) is 6.07 Å². The van der Waals surface area contributed by atoms with Crippen LogP contribution in [-0.4, -0.2) is 11.6 Å². The highest BCUT2D eigenvalue weighted by Gasteiger charge is 2.23. The maximum absolute atomic E-state index is 8.80. The molecule has 16 heavy (non-hydrogen) atoms. The van der Waals surface area contributed by atoms with Gasteiger partial charge in [0.1, 0.15) is 11.1 Å². The van der Waals surface area contributed by atoms with E-state index in [1.165, 1.54) is 0 Å². The minimum absolute atomic E-state index is 0.176. The van der Waals surface area contributed by atoms with Gasteiger partial charge in [-0.1, -0.05) is 13.8 Å². The molecule has 1 atom stereocenters. The van der Waals surface area contributed by atoms with Crippen LogP contribution in [0.15, 0.2) is 0 Å². The fourth-order valence-corrected chi connectivity index (χ4v) is 3.18. The van der Waals surface area contributed by atoms with Crippen molar-refractivity contribution in [2.75, 3.05) is 6.61 Å². The number of ether oxygens (including phenoxy) is 1. The molecule has 0 bridgehead atoms. The van der Waals surface area contributed by atoms with E-state index in [-0.39, 0.29) is 6.10 Å². The molecule has 2 heterocycles. The average molecular weight is 236 g/mol. The number of aromatic nitrogens is 1. The SMILES string of the molecule is CC(C)c1nc(C2CCCO2)sc1CC#N. The molecule has 0 spiro atoms. The van der Waals surface area contributed by atoms with Gasteiger partial charge in [-0.15, -0.1) is 11.3 Å². The Labute approximate surface area is 100 Å². The molecule has 1 aliphatic heterocycles. The largest absolute Gasteiger partial charge is 0.371 e. The summed E-state index contributed by atoms with van der Waals surface area (Å²) in [5.41, 5.74) is 1.08. The zero-order valence-corrected chi connectivity index (χ0v) is 10.5. The molecule has 4 heteroatoms. The number of nitriles is 1. The van der Waals surface area contributed by atoms with E-state index in [1.54, 1.807) is 11.3 Å². The molecule has 0 N–H and O–H groups in total. The summed E-state index contributed by atoms with van der Waals surface area (Å²) in [7, 11) is 0. The van der Waals surface area contributed by atoms with Gasteiger partial charge < -0.3 is 4.74 Å². The lowest BCUT2D eigenvalue weighted by Gasteiger charge is -2.04. The summed E-state index contributed by atoms with van der Waals surface area (Å²) >= 11 is 1.65. The van der Waals surface area contributed by atoms with E-state index >= 15 is 0 Å². The number of hydrogen-bond donors (Lipinski definition) is 0. The number of rotatable bonds is 3. The summed E-state index contributed by atoms with van der Waals surface area (Å²) in [5, 5.41) is 9.86. The summed E-state index contributed by atoms with van der Waals surface area (Å²) in [6.45, 7) is 5.08. The normalized spacial score (nSPS) is 20.2. The van der Waals surface area contributed by atoms with Crippen LogP contribution < -0.4 is 0 Å². The van der Waals surface area contributed by atoms with Gasteiger partial charge in [-0.05, 0) is 18.8 Å². The predicted molar refractivity (Wildman–Crippen MR) is 63.4 cm³/mol. The third kappa shape index (κ3) is 2.26. The average Bonchev–Trinajstić information content (AvgIpc) is 2.83. The molecule has 1 aromatic heterocycles. The smallest absolute Gasteiger partial charge is 0.122 e. The van der Waals surface area contributed by atoms with Crippen LogP contribution >= 0.6 is 11.3 Å². The molecule has 1 saturated heterocycles. The zero-order chi connectivity index (χ0) is 11.5. The van der Waals surface area contributed by atoms with Gasteiger partial charge in [-0.25, -0.2) is 4.98 Å². The maximum Gasteiger partial charge on any atom is 0.122 e. The van der Waals surface area contributed by atoms with Crippen molar-refractivity contribution in [2.24, 2.45) is 0 Å². The van der Waals surface area contributed by atoms with Gasteiger partial charge in [0.2, 0.25) is 0 Å². The van der Waals surface area contributed by atoms with Gasteiger partial charge in [-0.2, -0.15) is 5.26 Å². The van der Waals surface area contributed by atoms with Crippen LogP contribution in [0.3, 0.4) is 0 Å². The van der Waals surface area contributed by atoms with Crippen molar-refractivity contribution >= 4 is 11.3 Å². The maximum atomic E-state index is 8.80. The topological polar surface area (TPSA) is 45.9 Å². The van der Waals surface area contributed by atoms with Crippen molar-refractivity contribution in [3.63, 3.8) is 0 Å². The molecular formula is C12H16N2OS. The Kier molecular flexibility index (Phi) is 3.57. The second kappa shape index (κ2) is 4.94. The van der Waals surface area contributed by atoms with E-state index in [2.05, 4.69) is 24.9 Å². The summed E-state index contributed by atoms with van der Waals surface area (Å²) < 4.78 is 5.63. The minimum atomic E-state index is 0.176. The first kappa shape index (κ1) is 11.6. The fraction of sp³-hybridized carbons (Fsp3) is 0.667.